The lowest BCUT2D eigenvalue weighted by atomic mass is 9.91. The molecule has 0 bridgehead atoms. The summed E-state index contributed by atoms with van der Waals surface area (Å²) in [5.41, 5.74) is -1.63. The first-order valence-corrected chi connectivity index (χ1v) is 8.57. The summed E-state index contributed by atoms with van der Waals surface area (Å²) in [6.07, 6.45) is -5.91. The van der Waals surface area contributed by atoms with Gasteiger partial charge in [0.15, 0.2) is 11.6 Å². The largest absolute Gasteiger partial charge is 0.487 e. The van der Waals surface area contributed by atoms with Crippen LogP contribution in [0.25, 0.3) is 0 Å². The van der Waals surface area contributed by atoms with Gasteiger partial charge >= 0.3 is 18.4 Å². The number of carbonyl (C=O) groups is 2. The van der Waals surface area contributed by atoms with Gasteiger partial charge in [0.25, 0.3) is 0 Å². The first kappa shape index (κ1) is 18.6. The molecule has 2 saturated heterocycles. The van der Waals surface area contributed by atoms with E-state index in [9.17, 15) is 27.2 Å². The van der Waals surface area contributed by atoms with E-state index in [0.29, 0.717) is 32.0 Å². The number of hydrogen-bond acceptors (Lipinski definition) is 5. The Bertz CT molecular complexity index is 803. The van der Waals surface area contributed by atoms with Gasteiger partial charge in [-0.1, -0.05) is 0 Å². The number of likely N-dealkylation sites (tertiary alicyclic amines) is 1. The van der Waals surface area contributed by atoms with E-state index in [1.54, 1.807) is 0 Å². The van der Waals surface area contributed by atoms with Crippen LogP contribution in [0.2, 0.25) is 0 Å². The number of ether oxygens (including phenoxy) is 3. The highest BCUT2D eigenvalue weighted by molar-refractivity contribution is 5.74. The van der Waals surface area contributed by atoms with Crippen molar-refractivity contribution in [1.29, 1.82) is 0 Å². The van der Waals surface area contributed by atoms with E-state index in [0.717, 1.165) is 12.1 Å². The summed E-state index contributed by atoms with van der Waals surface area (Å²) in [6, 6.07) is 2.07. The van der Waals surface area contributed by atoms with Gasteiger partial charge in [-0.3, -0.25) is 0 Å². The lowest BCUT2D eigenvalue weighted by Gasteiger charge is -2.46. The van der Waals surface area contributed by atoms with Crippen LogP contribution in [0.15, 0.2) is 18.2 Å². The summed E-state index contributed by atoms with van der Waals surface area (Å²) in [4.78, 5) is 24.5. The first-order valence-electron chi connectivity index (χ1n) is 8.57. The van der Waals surface area contributed by atoms with Crippen LogP contribution in [0.1, 0.15) is 18.4 Å². The average molecular weight is 404 g/mol. The minimum atomic E-state index is -4.63. The van der Waals surface area contributed by atoms with Crippen LogP contribution in [0.4, 0.5) is 27.2 Å². The number of alkyl halides is 3. The molecule has 4 rings (SSSR count). The third kappa shape index (κ3) is 3.52. The Kier molecular flexibility index (Phi) is 4.27. The molecule has 1 aliphatic carbocycles. The number of halogens is 4. The second kappa shape index (κ2) is 6.42. The normalized spacial score (nSPS) is 25.4. The zero-order valence-corrected chi connectivity index (χ0v) is 14.4. The molecule has 3 aliphatic rings. The van der Waals surface area contributed by atoms with E-state index in [-0.39, 0.29) is 12.4 Å². The van der Waals surface area contributed by atoms with Gasteiger partial charge in [0.05, 0.1) is 18.7 Å². The molecule has 11 heteroatoms. The maximum atomic E-state index is 13.8. The third-order valence-electron chi connectivity index (χ3n) is 4.96. The zero-order valence-electron chi connectivity index (χ0n) is 14.4. The molecular weight excluding hydrogens is 388 g/mol. The molecule has 28 heavy (non-hydrogen) atoms. The van der Waals surface area contributed by atoms with Gasteiger partial charge in [0, 0.05) is 12.8 Å². The van der Waals surface area contributed by atoms with Crippen molar-refractivity contribution >= 4 is 12.2 Å². The number of alkyl carbamates (subject to hydrolysis) is 1. The monoisotopic (exact) mass is 404 g/mol. The van der Waals surface area contributed by atoms with Crippen LogP contribution in [0, 0.1) is 5.82 Å². The lowest BCUT2D eigenvalue weighted by molar-refractivity contribution is -0.137. The predicted molar refractivity (Wildman–Crippen MR) is 84.1 cm³/mol. The Morgan fingerprint density at radius 1 is 1.25 bits per heavy atom. The second-order valence-electron chi connectivity index (χ2n) is 7.20. The number of nitrogens with one attached hydrogen (secondary N) is 1. The van der Waals surface area contributed by atoms with Crippen molar-refractivity contribution in [3.8, 4) is 5.75 Å². The van der Waals surface area contributed by atoms with Crippen molar-refractivity contribution in [2.75, 3.05) is 19.7 Å². The maximum absolute atomic E-state index is 13.8. The molecule has 1 saturated carbocycles. The van der Waals surface area contributed by atoms with Crippen molar-refractivity contribution in [1.82, 2.24) is 10.2 Å². The molecule has 2 amide bonds. The minimum Gasteiger partial charge on any atom is -0.487 e. The molecule has 0 atom stereocenters. The molecule has 1 N–H and O–H groups in total. The summed E-state index contributed by atoms with van der Waals surface area (Å²) in [6.45, 7) is 0.787. The molecule has 0 radical (unpaired) electrons. The SMILES string of the molecule is O=C1NC2(CO1)CN(C(=O)O[C@H]1C[C@@H](Oc3ccc(C(F)(F)F)cc3F)C1)C2. The van der Waals surface area contributed by atoms with Gasteiger partial charge in [0.2, 0.25) is 0 Å². The van der Waals surface area contributed by atoms with Crippen LogP contribution in [0.3, 0.4) is 0 Å². The molecule has 1 aromatic rings. The van der Waals surface area contributed by atoms with E-state index in [4.69, 9.17) is 14.2 Å². The van der Waals surface area contributed by atoms with Gasteiger partial charge in [-0.05, 0) is 18.2 Å². The van der Waals surface area contributed by atoms with Crippen LogP contribution < -0.4 is 10.1 Å². The molecule has 0 aromatic heterocycles. The molecule has 1 spiro atoms. The van der Waals surface area contributed by atoms with Crippen molar-refractivity contribution in [2.45, 2.75) is 36.8 Å². The summed E-state index contributed by atoms with van der Waals surface area (Å²) < 4.78 is 66.9. The summed E-state index contributed by atoms with van der Waals surface area (Å²) in [5.74, 6) is -1.37. The van der Waals surface area contributed by atoms with Crippen LogP contribution in [-0.4, -0.2) is 54.5 Å². The summed E-state index contributed by atoms with van der Waals surface area (Å²) in [5, 5.41) is 2.65. The van der Waals surface area contributed by atoms with Gasteiger partial charge in [0.1, 0.15) is 24.4 Å². The van der Waals surface area contributed by atoms with E-state index in [1.165, 1.54) is 4.90 Å². The molecule has 152 valence electrons. The standard InChI is InChI=1S/C17H16F4N2O5/c18-12-3-9(17(19,20)21)1-2-13(12)27-10-4-11(5-10)28-15(25)23-6-16(7-23)8-26-14(24)22-16/h1-3,10-11H,4-8H2,(H,22,24)/t10-,11+. The Labute approximate surface area is 156 Å². The highest BCUT2D eigenvalue weighted by atomic mass is 19.4. The van der Waals surface area contributed by atoms with E-state index >= 15 is 0 Å². The van der Waals surface area contributed by atoms with Crippen LogP contribution >= 0.6 is 0 Å². The number of hydrogen-bond donors (Lipinski definition) is 1. The predicted octanol–water partition coefficient (Wildman–Crippen LogP) is 2.69. The van der Waals surface area contributed by atoms with E-state index in [2.05, 4.69) is 5.32 Å². The highest BCUT2D eigenvalue weighted by Crippen LogP contribution is 2.35. The topological polar surface area (TPSA) is 77.1 Å². The van der Waals surface area contributed by atoms with Crippen molar-refractivity contribution < 1.29 is 41.4 Å². The fourth-order valence-electron chi connectivity index (χ4n) is 3.36. The molecule has 2 aliphatic heterocycles. The highest BCUT2D eigenvalue weighted by Gasteiger charge is 2.52. The Balaban J connectivity index is 1.21. The van der Waals surface area contributed by atoms with Gasteiger partial charge in [-0.15, -0.1) is 0 Å². The zero-order chi connectivity index (χ0) is 20.1. The van der Waals surface area contributed by atoms with Crippen molar-refractivity contribution in [2.24, 2.45) is 0 Å². The second-order valence-corrected chi connectivity index (χ2v) is 7.20. The summed E-state index contributed by atoms with van der Waals surface area (Å²) >= 11 is 0. The Morgan fingerprint density at radius 3 is 2.54 bits per heavy atom. The summed E-state index contributed by atoms with van der Waals surface area (Å²) in [7, 11) is 0. The number of rotatable bonds is 3. The lowest BCUT2D eigenvalue weighted by Crippen LogP contribution is -2.70. The molecular formula is C17H16F4N2O5. The maximum Gasteiger partial charge on any atom is 0.416 e. The molecule has 1 aromatic carbocycles. The number of amides is 2. The first-order chi connectivity index (χ1) is 13.1. The fraction of sp³-hybridized carbons (Fsp3) is 0.529. The molecule has 2 heterocycles. The van der Waals surface area contributed by atoms with Crippen LogP contribution in [0.5, 0.6) is 5.75 Å². The molecule has 3 fully saturated rings. The average Bonchev–Trinajstić information content (AvgIpc) is 2.94. The number of nitrogens with zero attached hydrogens (tertiary/aromatic N) is 1. The number of benzene rings is 1. The van der Waals surface area contributed by atoms with E-state index in [1.807, 2.05) is 0 Å². The molecule has 0 unspecified atom stereocenters. The number of cyclic esters (lactones) is 1. The molecule has 7 nitrogen and oxygen atoms in total. The van der Waals surface area contributed by atoms with Gasteiger partial charge in [-0.2, -0.15) is 13.2 Å². The third-order valence-corrected chi connectivity index (χ3v) is 4.96. The van der Waals surface area contributed by atoms with Gasteiger partial charge < -0.3 is 24.4 Å². The van der Waals surface area contributed by atoms with Crippen molar-refractivity contribution in [3.63, 3.8) is 0 Å². The smallest absolute Gasteiger partial charge is 0.416 e. The minimum absolute atomic E-state index is 0.202. The van der Waals surface area contributed by atoms with Gasteiger partial charge in [-0.25, -0.2) is 14.0 Å². The van der Waals surface area contributed by atoms with Crippen LogP contribution in [-0.2, 0) is 15.7 Å². The fourth-order valence-corrected chi connectivity index (χ4v) is 3.36. The Morgan fingerprint density at radius 2 is 1.96 bits per heavy atom. The van der Waals surface area contributed by atoms with Crippen molar-refractivity contribution in [3.05, 3.63) is 29.6 Å². The quantitative estimate of drug-likeness (QED) is 0.784. The Hall–Kier alpha value is -2.72. The van der Waals surface area contributed by atoms with E-state index < -0.39 is 47.5 Å². The number of carbonyl (C=O) groups excluding carboxylic acids is 2.